The third-order valence-corrected chi connectivity index (χ3v) is 4.02. The van der Waals surface area contributed by atoms with E-state index in [2.05, 4.69) is 5.32 Å². The van der Waals surface area contributed by atoms with Crippen LogP contribution in [0.15, 0.2) is 18.2 Å². The molecule has 0 amide bonds. The van der Waals surface area contributed by atoms with Gasteiger partial charge in [-0.15, -0.1) is 0 Å². The molecule has 0 aliphatic heterocycles. The van der Waals surface area contributed by atoms with E-state index in [4.69, 9.17) is 4.74 Å². The summed E-state index contributed by atoms with van der Waals surface area (Å²) < 4.78 is 44.1. The number of benzene rings is 1. The van der Waals surface area contributed by atoms with Crippen molar-refractivity contribution in [2.45, 2.75) is 45.0 Å². The van der Waals surface area contributed by atoms with Crippen molar-refractivity contribution in [1.29, 1.82) is 0 Å². The molecule has 2 unspecified atom stereocenters. The van der Waals surface area contributed by atoms with E-state index in [1.54, 1.807) is 13.0 Å². The summed E-state index contributed by atoms with van der Waals surface area (Å²) >= 11 is 0. The smallest absolute Gasteiger partial charge is 0.376 e. The van der Waals surface area contributed by atoms with E-state index in [9.17, 15) is 13.2 Å². The van der Waals surface area contributed by atoms with Crippen molar-refractivity contribution < 1.29 is 17.9 Å². The lowest BCUT2D eigenvalue weighted by atomic mass is 9.93. The van der Waals surface area contributed by atoms with Gasteiger partial charge in [-0.1, -0.05) is 6.07 Å². The van der Waals surface area contributed by atoms with Crippen LogP contribution in [0.5, 0.6) is 0 Å². The molecule has 0 bridgehead atoms. The van der Waals surface area contributed by atoms with E-state index in [-0.39, 0.29) is 12.1 Å². The highest BCUT2D eigenvalue weighted by molar-refractivity contribution is 5.35. The van der Waals surface area contributed by atoms with E-state index in [0.29, 0.717) is 18.1 Å². The minimum atomic E-state index is -4.30. The van der Waals surface area contributed by atoms with Crippen LogP contribution >= 0.6 is 0 Å². The first-order valence-corrected chi connectivity index (χ1v) is 7.35. The average Bonchev–Trinajstić information content (AvgIpc) is 3.23. The number of ether oxygens (including phenoxy) is 1. The van der Waals surface area contributed by atoms with Crippen LogP contribution in [-0.2, 0) is 10.9 Å². The number of hydrogen-bond donors (Lipinski definition) is 1. The van der Waals surface area contributed by atoms with Crippen LogP contribution in [-0.4, -0.2) is 19.8 Å². The van der Waals surface area contributed by atoms with E-state index in [1.165, 1.54) is 6.07 Å². The second kappa shape index (κ2) is 6.36. The molecule has 1 saturated carbocycles. The Morgan fingerprint density at radius 3 is 2.43 bits per heavy atom. The van der Waals surface area contributed by atoms with Crippen LogP contribution < -0.4 is 5.32 Å². The van der Waals surface area contributed by atoms with Gasteiger partial charge in [-0.2, -0.15) is 13.2 Å². The molecular formula is C16H22F3NO. The number of likely N-dealkylation sites (N-methyl/N-ethyl adjacent to an activating group) is 1. The molecule has 1 aliphatic carbocycles. The molecular weight excluding hydrogens is 279 g/mol. The third kappa shape index (κ3) is 3.77. The van der Waals surface area contributed by atoms with E-state index < -0.39 is 11.7 Å². The summed E-state index contributed by atoms with van der Waals surface area (Å²) in [5.74, 6) is 0.504. The summed E-state index contributed by atoms with van der Waals surface area (Å²) in [5, 5.41) is 3.22. The van der Waals surface area contributed by atoms with Gasteiger partial charge in [0.05, 0.1) is 17.7 Å². The van der Waals surface area contributed by atoms with Crippen molar-refractivity contribution >= 4 is 0 Å². The zero-order valence-electron chi connectivity index (χ0n) is 12.6. The van der Waals surface area contributed by atoms with Crippen LogP contribution in [0.25, 0.3) is 0 Å². The van der Waals surface area contributed by atoms with Gasteiger partial charge in [0.25, 0.3) is 0 Å². The fraction of sp³-hybridized carbons (Fsp3) is 0.625. The van der Waals surface area contributed by atoms with Crippen LogP contribution in [0.3, 0.4) is 0 Å². The first-order valence-electron chi connectivity index (χ1n) is 7.35. The highest BCUT2D eigenvalue weighted by Crippen LogP contribution is 2.41. The molecule has 1 fully saturated rings. The van der Waals surface area contributed by atoms with Crippen LogP contribution in [0.4, 0.5) is 13.2 Å². The van der Waals surface area contributed by atoms with Crippen LogP contribution in [0.1, 0.15) is 42.5 Å². The Morgan fingerprint density at radius 1 is 1.33 bits per heavy atom. The summed E-state index contributed by atoms with van der Waals surface area (Å²) in [6.45, 7) is 4.28. The molecule has 0 radical (unpaired) electrons. The molecule has 1 aromatic rings. The van der Waals surface area contributed by atoms with Crippen LogP contribution in [0, 0.1) is 12.8 Å². The summed E-state index contributed by atoms with van der Waals surface area (Å²) in [6, 6.07) is 3.88. The topological polar surface area (TPSA) is 21.3 Å². The molecule has 0 saturated heterocycles. The molecule has 0 spiro atoms. The standard InChI is InChI=1S/C16H22F3NO/c1-4-21-15(11-5-6-11)14(20-3)13-8-7-12(9-10(13)2)16(17,18)19/h7-9,11,14-15,20H,4-6H2,1-3H3. The maximum atomic E-state index is 12.8. The van der Waals surface area contributed by atoms with Crippen molar-refractivity contribution in [2.24, 2.45) is 5.92 Å². The minimum Gasteiger partial charge on any atom is -0.376 e. The molecule has 2 nitrogen and oxygen atoms in total. The molecule has 2 rings (SSSR count). The number of nitrogens with one attached hydrogen (secondary N) is 1. The van der Waals surface area contributed by atoms with Crippen molar-refractivity contribution in [1.82, 2.24) is 5.32 Å². The summed E-state index contributed by atoms with van der Waals surface area (Å²) in [5.41, 5.74) is 0.934. The summed E-state index contributed by atoms with van der Waals surface area (Å²) in [6.07, 6.45) is -2.02. The Hall–Kier alpha value is -1.07. The Morgan fingerprint density at radius 2 is 2.00 bits per heavy atom. The number of aryl methyl sites for hydroxylation is 1. The fourth-order valence-electron chi connectivity index (χ4n) is 2.82. The largest absolute Gasteiger partial charge is 0.416 e. The Kier molecular flexibility index (Phi) is 4.94. The first kappa shape index (κ1) is 16.3. The maximum Gasteiger partial charge on any atom is 0.416 e. The number of alkyl halides is 3. The molecule has 21 heavy (non-hydrogen) atoms. The first-order chi connectivity index (χ1) is 9.88. The lowest BCUT2D eigenvalue weighted by Gasteiger charge is -2.28. The second-order valence-electron chi connectivity index (χ2n) is 5.59. The zero-order valence-corrected chi connectivity index (χ0v) is 12.6. The molecule has 0 aromatic heterocycles. The maximum absolute atomic E-state index is 12.8. The molecule has 1 N–H and O–H groups in total. The Bertz CT molecular complexity index is 483. The SMILES string of the molecule is CCOC(C1CC1)C(NC)c1ccc(C(F)(F)F)cc1C. The number of hydrogen-bond acceptors (Lipinski definition) is 2. The molecule has 1 aromatic carbocycles. The van der Waals surface area contributed by atoms with Gasteiger partial charge in [-0.3, -0.25) is 0 Å². The van der Waals surface area contributed by atoms with Gasteiger partial charge in [0, 0.05) is 6.61 Å². The predicted octanol–water partition coefficient (Wildman–Crippen LogP) is 4.09. The lowest BCUT2D eigenvalue weighted by molar-refractivity contribution is -0.137. The van der Waals surface area contributed by atoms with Gasteiger partial charge >= 0.3 is 6.18 Å². The normalized spacial score (nSPS) is 18.6. The van der Waals surface area contributed by atoms with Gasteiger partial charge < -0.3 is 10.1 Å². The molecule has 1 aliphatic rings. The second-order valence-corrected chi connectivity index (χ2v) is 5.59. The predicted molar refractivity (Wildman–Crippen MR) is 76.1 cm³/mol. The quantitative estimate of drug-likeness (QED) is 0.854. The monoisotopic (exact) mass is 301 g/mol. The van der Waals surface area contributed by atoms with E-state index in [1.807, 2.05) is 14.0 Å². The van der Waals surface area contributed by atoms with Crippen molar-refractivity contribution in [2.75, 3.05) is 13.7 Å². The van der Waals surface area contributed by atoms with Gasteiger partial charge in [0.2, 0.25) is 0 Å². The van der Waals surface area contributed by atoms with Crippen molar-refractivity contribution in [3.8, 4) is 0 Å². The molecule has 2 atom stereocenters. The van der Waals surface area contributed by atoms with E-state index in [0.717, 1.165) is 24.5 Å². The van der Waals surface area contributed by atoms with Crippen LogP contribution in [0.2, 0.25) is 0 Å². The van der Waals surface area contributed by atoms with Gasteiger partial charge in [0.15, 0.2) is 0 Å². The Labute approximate surface area is 123 Å². The summed E-state index contributed by atoms with van der Waals surface area (Å²) in [4.78, 5) is 0. The van der Waals surface area contributed by atoms with Crippen molar-refractivity contribution in [3.63, 3.8) is 0 Å². The van der Waals surface area contributed by atoms with Gasteiger partial charge in [0.1, 0.15) is 0 Å². The summed E-state index contributed by atoms with van der Waals surface area (Å²) in [7, 11) is 1.83. The molecule has 5 heteroatoms. The number of halogens is 3. The highest BCUT2D eigenvalue weighted by Gasteiger charge is 2.38. The van der Waals surface area contributed by atoms with Gasteiger partial charge in [-0.25, -0.2) is 0 Å². The Balaban J connectivity index is 2.29. The molecule has 118 valence electrons. The van der Waals surface area contributed by atoms with Gasteiger partial charge in [-0.05, 0) is 62.9 Å². The lowest BCUT2D eigenvalue weighted by Crippen LogP contribution is -2.34. The fourth-order valence-corrected chi connectivity index (χ4v) is 2.82. The minimum absolute atomic E-state index is 0.0236. The highest BCUT2D eigenvalue weighted by atomic mass is 19.4. The number of rotatable bonds is 6. The third-order valence-electron chi connectivity index (χ3n) is 4.02. The average molecular weight is 301 g/mol. The molecule has 0 heterocycles. The zero-order chi connectivity index (χ0) is 15.6. The van der Waals surface area contributed by atoms with E-state index >= 15 is 0 Å². The van der Waals surface area contributed by atoms with Crippen molar-refractivity contribution in [3.05, 3.63) is 34.9 Å².